The summed E-state index contributed by atoms with van der Waals surface area (Å²) in [5.41, 5.74) is 5.96. The number of thiophene rings is 1. The van der Waals surface area contributed by atoms with Crippen molar-refractivity contribution in [1.82, 2.24) is 0 Å². The van der Waals surface area contributed by atoms with Crippen LogP contribution in [-0.4, -0.2) is 17.7 Å². The molecule has 1 aromatic carbocycles. The molecule has 118 valence electrons. The summed E-state index contributed by atoms with van der Waals surface area (Å²) in [7, 11) is 0. The molecular weight excluding hydrogens is 359 g/mol. The number of carbonyl (C=O) groups excluding carboxylic acids is 3. The van der Waals surface area contributed by atoms with Crippen LogP contribution >= 0.6 is 34.5 Å². The SMILES string of the molecule is NC(=O)N1C(=O)C(C(=O)Cc2ccc(Cl)s2)c2cc(Cl)ccc21. The first-order valence-electron chi connectivity index (χ1n) is 6.58. The molecular formula is C15H10Cl2N2O3S. The van der Waals surface area contributed by atoms with E-state index in [1.54, 1.807) is 12.1 Å². The van der Waals surface area contributed by atoms with Gasteiger partial charge in [0, 0.05) is 16.3 Å². The van der Waals surface area contributed by atoms with E-state index in [0.717, 1.165) is 9.78 Å². The quantitative estimate of drug-likeness (QED) is 0.843. The predicted molar refractivity (Wildman–Crippen MR) is 89.3 cm³/mol. The van der Waals surface area contributed by atoms with E-state index in [-0.39, 0.29) is 12.2 Å². The maximum absolute atomic E-state index is 12.6. The van der Waals surface area contributed by atoms with E-state index in [4.69, 9.17) is 28.9 Å². The Bertz CT molecular complexity index is 834. The lowest BCUT2D eigenvalue weighted by atomic mass is 9.94. The summed E-state index contributed by atoms with van der Waals surface area (Å²) in [6, 6.07) is 7.06. The molecule has 0 bridgehead atoms. The van der Waals surface area contributed by atoms with Gasteiger partial charge in [0.25, 0.3) is 0 Å². The largest absolute Gasteiger partial charge is 0.351 e. The third kappa shape index (κ3) is 2.85. The lowest BCUT2D eigenvalue weighted by Gasteiger charge is -2.12. The maximum atomic E-state index is 12.6. The number of hydrogen-bond acceptors (Lipinski definition) is 4. The van der Waals surface area contributed by atoms with E-state index in [1.807, 2.05) is 0 Å². The summed E-state index contributed by atoms with van der Waals surface area (Å²) in [6.45, 7) is 0. The van der Waals surface area contributed by atoms with Gasteiger partial charge in [-0.3, -0.25) is 9.59 Å². The van der Waals surface area contributed by atoms with Crippen LogP contribution in [0, 0.1) is 0 Å². The number of rotatable bonds is 3. The second-order valence-electron chi connectivity index (χ2n) is 5.00. The highest BCUT2D eigenvalue weighted by Crippen LogP contribution is 2.40. The van der Waals surface area contributed by atoms with Gasteiger partial charge in [-0.1, -0.05) is 23.2 Å². The number of benzene rings is 1. The number of halogens is 2. The summed E-state index contributed by atoms with van der Waals surface area (Å²) < 4.78 is 0.563. The lowest BCUT2D eigenvalue weighted by Crippen LogP contribution is -2.40. The summed E-state index contributed by atoms with van der Waals surface area (Å²) >= 11 is 13.1. The molecule has 1 aromatic heterocycles. The number of amides is 3. The van der Waals surface area contributed by atoms with Crippen LogP contribution in [0.1, 0.15) is 16.4 Å². The fourth-order valence-corrected chi connectivity index (χ4v) is 3.88. The van der Waals surface area contributed by atoms with Crippen molar-refractivity contribution in [3.63, 3.8) is 0 Å². The first-order valence-corrected chi connectivity index (χ1v) is 8.15. The van der Waals surface area contributed by atoms with Crippen LogP contribution in [0.3, 0.4) is 0 Å². The van der Waals surface area contributed by atoms with E-state index in [2.05, 4.69) is 0 Å². The van der Waals surface area contributed by atoms with Crippen LogP contribution in [0.2, 0.25) is 9.36 Å². The van der Waals surface area contributed by atoms with E-state index in [0.29, 0.717) is 20.6 Å². The number of urea groups is 1. The number of anilines is 1. The van der Waals surface area contributed by atoms with Crippen LogP contribution in [0.25, 0.3) is 0 Å². The number of primary amides is 1. The Morgan fingerprint density at radius 3 is 2.57 bits per heavy atom. The molecule has 8 heteroatoms. The summed E-state index contributed by atoms with van der Waals surface area (Å²) in [6.07, 6.45) is 0.0480. The van der Waals surface area contributed by atoms with Crippen molar-refractivity contribution in [3.8, 4) is 0 Å². The first-order chi connectivity index (χ1) is 10.9. The van der Waals surface area contributed by atoms with E-state index in [9.17, 15) is 14.4 Å². The minimum absolute atomic E-state index is 0.0480. The Morgan fingerprint density at radius 2 is 1.96 bits per heavy atom. The lowest BCUT2D eigenvalue weighted by molar-refractivity contribution is -0.127. The molecule has 0 spiro atoms. The number of imide groups is 1. The topological polar surface area (TPSA) is 80.5 Å². The van der Waals surface area contributed by atoms with Crippen molar-refractivity contribution in [2.75, 3.05) is 4.90 Å². The predicted octanol–water partition coefficient (Wildman–Crippen LogP) is 3.38. The minimum atomic E-state index is -1.09. The number of fused-ring (bicyclic) bond motifs is 1. The molecule has 2 N–H and O–H groups in total. The van der Waals surface area contributed by atoms with E-state index in [1.165, 1.54) is 29.5 Å². The van der Waals surface area contributed by atoms with Crippen molar-refractivity contribution in [2.45, 2.75) is 12.3 Å². The van der Waals surface area contributed by atoms with Crippen molar-refractivity contribution in [1.29, 1.82) is 0 Å². The molecule has 5 nitrogen and oxygen atoms in total. The molecule has 1 aliphatic rings. The molecule has 3 rings (SSSR count). The number of nitrogens with two attached hydrogens (primary N) is 1. The van der Waals surface area contributed by atoms with Crippen molar-refractivity contribution >= 4 is 57.9 Å². The summed E-state index contributed by atoms with van der Waals surface area (Å²) in [4.78, 5) is 38.2. The van der Waals surface area contributed by atoms with Crippen LogP contribution in [-0.2, 0) is 16.0 Å². The fourth-order valence-electron chi connectivity index (χ4n) is 2.60. The molecule has 0 saturated carbocycles. The van der Waals surface area contributed by atoms with E-state index < -0.39 is 17.9 Å². The van der Waals surface area contributed by atoms with Crippen LogP contribution < -0.4 is 10.6 Å². The molecule has 0 fully saturated rings. The van der Waals surface area contributed by atoms with Crippen LogP contribution in [0.15, 0.2) is 30.3 Å². The molecule has 1 aliphatic heterocycles. The van der Waals surface area contributed by atoms with Crippen LogP contribution in [0.4, 0.5) is 10.5 Å². The van der Waals surface area contributed by atoms with Crippen molar-refractivity contribution in [2.24, 2.45) is 5.73 Å². The van der Waals surface area contributed by atoms with Crippen LogP contribution in [0.5, 0.6) is 0 Å². The van der Waals surface area contributed by atoms with Gasteiger partial charge in [0.2, 0.25) is 5.91 Å². The second-order valence-corrected chi connectivity index (χ2v) is 7.23. The highest BCUT2D eigenvalue weighted by molar-refractivity contribution is 7.16. The number of Topliss-reactive ketones (excluding diaryl/α,β-unsaturated/α-hetero) is 1. The molecule has 0 radical (unpaired) electrons. The molecule has 2 aromatic rings. The first kappa shape index (κ1) is 16.0. The molecule has 0 aliphatic carbocycles. The maximum Gasteiger partial charge on any atom is 0.326 e. The Hall–Kier alpha value is -1.89. The van der Waals surface area contributed by atoms with Gasteiger partial charge in [-0.25, -0.2) is 9.69 Å². The molecule has 1 atom stereocenters. The zero-order chi connectivity index (χ0) is 16.7. The van der Waals surface area contributed by atoms with Gasteiger partial charge in [0.05, 0.1) is 10.0 Å². The van der Waals surface area contributed by atoms with Gasteiger partial charge < -0.3 is 5.73 Å². The molecule has 0 saturated heterocycles. The number of carbonyl (C=O) groups is 3. The standard InChI is InChI=1S/C15H10Cl2N2O3S/c16-7-1-3-10-9(5-7)13(14(21)19(10)15(18)22)11(20)6-8-2-4-12(17)23-8/h1-5,13H,6H2,(H2,18,22). The van der Waals surface area contributed by atoms with Gasteiger partial charge in [0.1, 0.15) is 5.92 Å². The van der Waals surface area contributed by atoms with Gasteiger partial charge >= 0.3 is 6.03 Å². The highest BCUT2D eigenvalue weighted by atomic mass is 35.5. The molecule has 2 heterocycles. The Balaban J connectivity index is 1.99. The molecule has 1 unspecified atom stereocenters. The zero-order valence-electron chi connectivity index (χ0n) is 11.6. The third-order valence-electron chi connectivity index (χ3n) is 3.53. The number of hydrogen-bond donors (Lipinski definition) is 1. The summed E-state index contributed by atoms with van der Waals surface area (Å²) in [5.74, 6) is -2.07. The average molecular weight is 369 g/mol. The van der Waals surface area contributed by atoms with Crippen molar-refractivity contribution < 1.29 is 14.4 Å². The van der Waals surface area contributed by atoms with E-state index >= 15 is 0 Å². The summed E-state index contributed by atoms with van der Waals surface area (Å²) in [5, 5.41) is 0.375. The van der Waals surface area contributed by atoms with Gasteiger partial charge in [-0.2, -0.15) is 0 Å². The van der Waals surface area contributed by atoms with Crippen molar-refractivity contribution in [3.05, 3.63) is 50.1 Å². The zero-order valence-corrected chi connectivity index (χ0v) is 13.9. The van der Waals surface area contributed by atoms with Gasteiger partial charge in [0.15, 0.2) is 5.78 Å². The Labute approximate surface area is 145 Å². The number of ketones is 1. The number of nitrogens with zero attached hydrogens (tertiary/aromatic N) is 1. The normalized spacial score (nSPS) is 16.5. The smallest absolute Gasteiger partial charge is 0.326 e. The molecule has 23 heavy (non-hydrogen) atoms. The fraction of sp³-hybridized carbons (Fsp3) is 0.133. The average Bonchev–Trinajstić information content (AvgIpc) is 2.98. The highest BCUT2D eigenvalue weighted by Gasteiger charge is 2.43. The Kier molecular flexibility index (Phi) is 4.14. The minimum Gasteiger partial charge on any atom is -0.351 e. The Morgan fingerprint density at radius 1 is 1.22 bits per heavy atom. The monoisotopic (exact) mass is 368 g/mol. The molecule has 3 amide bonds. The van der Waals surface area contributed by atoms with Gasteiger partial charge in [-0.05, 0) is 35.9 Å². The van der Waals surface area contributed by atoms with Gasteiger partial charge in [-0.15, -0.1) is 11.3 Å². The third-order valence-corrected chi connectivity index (χ3v) is 4.99. The second kappa shape index (κ2) is 5.96.